The molecule has 0 saturated heterocycles. The molecule has 0 radical (unpaired) electrons. The number of hydrogen-bond donors (Lipinski definition) is 1. The van der Waals surface area contributed by atoms with Crippen LogP contribution in [0.4, 0.5) is 0 Å². The fraction of sp³-hybridized carbons (Fsp3) is 0.750. The van der Waals surface area contributed by atoms with Crippen LogP contribution in [0, 0.1) is 0 Å². The molecule has 1 atom stereocenters. The van der Waals surface area contributed by atoms with Crippen LogP contribution in [-0.4, -0.2) is 21.0 Å². The zero-order valence-corrected chi connectivity index (χ0v) is 9.82. The van der Waals surface area contributed by atoms with E-state index in [0.717, 1.165) is 24.8 Å². The molecule has 0 aliphatic carbocycles. The van der Waals surface area contributed by atoms with Gasteiger partial charge in [-0.25, -0.2) is 0 Å². The van der Waals surface area contributed by atoms with E-state index in [4.69, 9.17) is 0 Å². The highest BCUT2D eigenvalue weighted by molar-refractivity contribution is 5.04. The third-order valence-electron chi connectivity index (χ3n) is 2.62. The van der Waals surface area contributed by atoms with Gasteiger partial charge in [-0.1, -0.05) is 32.6 Å². The molecule has 1 unspecified atom stereocenters. The second-order valence-electron chi connectivity index (χ2n) is 4.23. The number of aromatic nitrogens is 2. The Labute approximate surface area is 92.1 Å². The summed E-state index contributed by atoms with van der Waals surface area (Å²) in [5, 5.41) is 13.9. The van der Waals surface area contributed by atoms with Crippen molar-refractivity contribution in [2.45, 2.75) is 51.6 Å². The van der Waals surface area contributed by atoms with Gasteiger partial charge < -0.3 is 5.11 Å². The van der Waals surface area contributed by atoms with Crippen LogP contribution in [0.1, 0.15) is 44.6 Å². The Hall–Kier alpha value is -0.830. The normalized spacial score (nSPS) is 13.0. The Morgan fingerprint density at radius 3 is 2.80 bits per heavy atom. The minimum Gasteiger partial charge on any atom is -0.393 e. The SMILES string of the molecule is CCCCCCC(O)Cc1cnn(C)c1. The van der Waals surface area contributed by atoms with Gasteiger partial charge in [0.05, 0.1) is 12.3 Å². The largest absolute Gasteiger partial charge is 0.393 e. The summed E-state index contributed by atoms with van der Waals surface area (Å²) in [4.78, 5) is 0. The molecule has 1 N–H and O–H groups in total. The summed E-state index contributed by atoms with van der Waals surface area (Å²) >= 11 is 0. The van der Waals surface area contributed by atoms with Crippen molar-refractivity contribution in [2.75, 3.05) is 0 Å². The van der Waals surface area contributed by atoms with E-state index in [-0.39, 0.29) is 6.10 Å². The van der Waals surface area contributed by atoms with Crippen LogP contribution >= 0.6 is 0 Å². The van der Waals surface area contributed by atoms with Crippen LogP contribution in [-0.2, 0) is 13.5 Å². The molecule has 0 fully saturated rings. The Kier molecular flexibility index (Phi) is 5.40. The first-order chi connectivity index (χ1) is 7.22. The molecule has 1 rings (SSSR count). The lowest BCUT2D eigenvalue weighted by Crippen LogP contribution is -2.09. The zero-order chi connectivity index (χ0) is 11.1. The average Bonchev–Trinajstić information content (AvgIpc) is 2.59. The van der Waals surface area contributed by atoms with Gasteiger partial charge in [-0.2, -0.15) is 5.10 Å². The molecule has 0 spiro atoms. The molecule has 15 heavy (non-hydrogen) atoms. The van der Waals surface area contributed by atoms with Gasteiger partial charge in [0, 0.05) is 19.7 Å². The van der Waals surface area contributed by atoms with Crippen LogP contribution < -0.4 is 0 Å². The number of aliphatic hydroxyl groups excluding tert-OH is 1. The summed E-state index contributed by atoms with van der Waals surface area (Å²) in [6.07, 6.45) is 10.1. The van der Waals surface area contributed by atoms with Gasteiger partial charge in [0.2, 0.25) is 0 Å². The van der Waals surface area contributed by atoms with Gasteiger partial charge in [-0.3, -0.25) is 4.68 Å². The second kappa shape index (κ2) is 6.62. The second-order valence-corrected chi connectivity index (χ2v) is 4.23. The molecule has 0 saturated carbocycles. The van der Waals surface area contributed by atoms with E-state index < -0.39 is 0 Å². The lowest BCUT2D eigenvalue weighted by atomic mass is 10.0. The summed E-state index contributed by atoms with van der Waals surface area (Å²) in [6.45, 7) is 2.20. The fourth-order valence-electron chi connectivity index (χ4n) is 1.76. The topological polar surface area (TPSA) is 38.1 Å². The molecule has 0 amide bonds. The quantitative estimate of drug-likeness (QED) is 0.701. The molecule has 0 bridgehead atoms. The molecule has 3 nitrogen and oxygen atoms in total. The van der Waals surface area contributed by atoms with E-state index in [1.165, 1.54) is 19.3 Å². The van der Waals surface area contributed by atoms with Crippen LogP contribution in [0.2, 0.25) is 0 Å². The molecule has 86 valence electrons. The predicted molar refractivity (Wildman–Crippen MR) is 61.7 cm³/mol. The minimum absolute atomic E-state index is 0.203. The summed E-state index contributed by atoms with van der Waals surface area (Å²) in [5.41, 5.74) is 1.13. The Morgan fingerprint density at radius 1 is 1.40 bits per heavy atom. The van der Waals surface area contributed by atoms with Crippen LogP contribution in [0.3, 0.4) is 0 Å². The van der Waals surface area contributed by atoms with Crippen molar-refractivity contribution >= 4 is 0 Å². The van der Waals surface area contributed by atoms with Crippen molar-refractivity contribution < 1.29 is 5.11 Å². The van der Waals surface area contributed by atoms with E-state index in [1.54, 1.807) is 4.68 Å². The lowest BCUT2D eigenvalue weighted by molar-refractivity contribution is 0.161. The zero-order valence-electron chi connectivity index (χ0n) is 9.82. The molecule has 1 heterocycles. The van der Waals surface area contributed by atoms with Gasteiger partial charge >= 0.3 is 0 Å². The maximum atomic E-state index is 9.77. The smallest absolute Gasteiger partial charge is 0.0581 e. The number of nitrogens with zero attached hydrogens (tertiary/aromatic N) is 2. The summed E-state index contributed by atoms with van der Waals surface area (Å²) < 4.78 is 1.78. The van der Waals surface area contributed by atoms with Crippen molar-refractivity contribution in [1.82, 2.24) is 9.78 Å². The predicted octanol–water partition coefficient (Wildman–Crippen LogP) is 2.29. The molecule has 0 aliphatic rings. The average molecular weight is 210 g/mol. The highest BCUT2D eigenvalue weighted by atomic mass is 16.3. The van der Waals surface area contributed by atoms with E-state index in [0.29, 0.717) is 0 Å². The maximum Gasteiger partial charge on any atom is 0.0581 e. The van der Waals surface area contributed by atoms with Crippen molar-refractivity contribution in [2.24, 2.45) is 7.05 Å². The van der Waals surface area contributed by atoms with Gasteiger partial charge in [-0.15, -0.1) is 0 Å². The Morgan fingerprint density at radius 2 is 2.20 bits per heavy atom. The molecular formula is C12H22N2O. The first kappa shape index (κ1) is 12.2. The summed E-state index contributed by atoms with van der Waals surface area (Å²) in [7, 11) is 1.90. The third kappa shape index (κ3) is 4.98. The number of unbranched alkanes of at least 4 members (excludes halogenated alkanes) is 3. The van der Waals surface area contributed by atoms with Crippen molar-refractivity contribution in [1.29, 1.82) is 0 Å². The van der Waals surface area contributed by atoms with Crippen LogP contribution in [0.15, 0.2) is 12.4 Å². The highest BCUT2D eigenvalue weighted by Crippen LogP contribution is 2.09. The number of rotatable bonds is 7. The molecular weight excluding hydrogens is 188 g/mol. The summed E-state index contributed by atoms with van der Waals surface area (Å²) in [5.74, 6) is 0. The van der Waals surface area contributed by atoms with E-state index in [1.807, 2.05) is 19.4 Å². The minimum atomic E-state index is -0.203. The van der Waals surface area contributed by atoms with Crippen molar-refractivity contribution in [3.63, 3.8) is 0 Å². The van der Waals surface area contributed by atoms with Crippen LogP contribution in [0.25, 0.3) is 0 Å². The molecule has 1 aromatic heterocycles. The molecule has 3 heteroatoms. The maximum absolute atomic E-state index is 9.77. The lowest BCUT2D eigenvalue weighted by Gasteiger charge is -2.08. The van der Waals surface area contributed by atoms with Gasteiger partial charge in [-0.05, 0) is 12.0 Å². The fourth-order valence-corrected chi connectivity index (χ4v) is 1.76. The van der Waals surface area contributed by atoms with E-state index >= 15 is 0 Å². The number of aryl methyl sites for hydroxylation is 1. The first-order valence-electron chi connectivity index (χ1n) is 5.88. The van der Waals surface area contributed by atoms with Gasteiger partial charge in [0.1, 0.15) is 0 Å². The first-order valence-corrected chi connectivity index (χ1v) is 5.88. The third-order valence-corrected chi connectivity index (χ3v) is 2.62. The van der Waals surface area contributed by atoms with Gasteiger partial charge in [0.25, 0.3) is 0 Å². The van der Waals surface area contributed by atoms with Crippen LogP contribution in [0.5, 0.6) is 0 Å². The van der Waals surface area contributed by atoms with Crippen molar-refractivity contribution in [3.8, 4) is 0 Å². The molecule has 0 aromatic carbocycles. The highest BCUT2D eigenvalue weighted by Gasteiger charge is 2.06. The molecule has 1 aromatic rings. The standard InChI is InChI=1S/C12H22N2O/c1-3-4-5-6-7-12(15)8-11-9-13-14(2)10-11/h9-10,12,15H,3-8H2,1-2H3. The Bertz CT molecular complexity index is 270. The van der Waals surface area contributed by atoms with Crippen molar-refractivity contribution in [3.05, 3.63) is 18.0 Å². The summed E-state index contributed by atoms with van der Waals surface area (Å²) in [6, 6.07) is 0. The van der Waals surface area contributed by atoms with E-state index in [9.17, 15) is 5.11 Å². The number of aliphatic hydroxyl groups is 1. The Balaban J connectivity index is 2.15. The molecule has 0 aliphatic heterocycles. The monoisotopic (exact) mass is 210 g/mol. The van der Waals surface area contributed by atoms with Gasteiger partial charge in [0.15, 0.2) is 0 Å². The van der Waals surface area contributed by atoms with E-state index in [2.05, 4.69) is 12.0 Å². The number of hydrogen-bond acceptors (Lipinski definition) is 2.